The normalized spacial score (nSPS) is 16.4. The third-order valence-electron chi connectivity index (χ3n) is 4.67. The van der Waals surface area contributed by atoms with Crippen LogP contribution in [0, 0.1) is 0 Å². The minimum absolute atomic E-state index is 0.311. The summed E-state index contributed by atoms with van der Waals surface area (Å²) in [6.45, 7) is 4.90. The van der Waals surface area contributed by atoms with Crippen LogP contribution in [-0.2, 0) is 6.54 Å². The lowest BCUT2D eigenvalue weighted by atomic mass is 10.1. The first kappa shape index (κ1) is 18.8. The fraction of sp³-hybridized carbons (Fsp3) is 0.316. The molecule has 0 aromatic heterocycles. The summed E-state index contributed by atoms with van der Waals surface area (Å²) in [6, 6.07) is 11.9. The van der Waals surface area contributed by atoms with Crippen LogP contribution in [0.2, 0.25) is 5.02 Å². The smallest absolute Gasteiger partial charge is 0.231 e. The summed E-state index contributed by atoms with van der Waals surface area (Å²) in [6.07, 6.45) is 0. The number of halogens is 2. The molecule has 5 nitrogen and oxygen atoms in total. The molecule has 0 unspecified atom stereocenters. The van der Waals surface area contributed by atoms with Crippen LogP contribution < -0.4 is 14.8 Å². The molecule has 1 N–H and O–H groups in total. The van der Waals surface area contributed by atoms with Crippen molar-refractivity contribution in [2.24, 2.45) is 0 Å². The summed E-state index contributed by atoms with van der Waals surface area (Å²) in [4.78, 5) is 4.62. The monoisotopic (exact) mass is 467 g/mol. The van der Waals surface area contributed by atoms with Gasteiger partial charge in [-0.25, -0.2) is 0 Å². The van der Waals surface area contributed by atoms with Crippen LogP contribution >= 0.6 is 39.7 Å². The Balaban J connectivity index is 1.29. The maximum absolute atomic E-state index is 6.15. The van der Waals surface area contributed by atoms with Gasteiger partial charge in [0.2, 0.25) is 6.79 Å². The van der Waals surface area contributed by atoms with E-state index in [1.807, 2.05) is 24.3 Å². The van der Waals surface area contributed by atoms with Gasteiger partial charge in [0.1, 0.15) is 0 Å². The molecule has 0 spiro atoms. The highest BCUT2D eigenvalue weighted by atomic mass is 79.9. The van der Waals surface area contributed by atoms with Gasteiger partial charge < -0.3 is 19.7 Å². The van der Waals surface area contributed by atoms with Crippen molar-refractivity contribution >= 4 is 50.5 Å². The number of hydrogen-bond acceptors (Lipinski definition) is 4. The predicted molar refractivity (Wildman–Crippen MR) is 115 cm³/mol. The molecule has 4 rings (SSSR count). The van der Waals surface area contributed by atoms with Crippen LogP contribution in [0.4, 0.5) is 5.69 Å². The SMILES string of the molecule is S=C(Nc1ccc(Br)c(Cl)c1)N1CCN(Cc2ccc3c(c2)OCO3)CC1. The molecule has 1 saturated heterocycles. The fourth-order valence-electron chi connectivity index (χ4n) is 3.18. The summed E-state index contributed by atoms with van der Waals surface area (Å²) < 4.78 is 11.7. The summed E-state index contributed by atoms with van der Waals surface area (Å²) in [5, 5.41) is 4.67. The summed E-state index contributed by atoms with van der Waals surface area (Å²) in [5.41, 5.74) is 2.13. The van der Waals surface area contributed by atoms with Crippen molar-refractivity contribution in [3.8, 4) is 11.5 Å². The largest absolute Gasteiger partial charge is 0.454 e. The predicted octanol–water partition coefficient (Wildman–Crippen LogP) is 4.35. The second-order valence-corrected chi connectivity index (χ2v) is 8.16. The van der Waals surface area contributed by atoms with E-state index in [0.29, 0.717) is 11.8 Å². The Hall–Kier alpha value is -1.54. The molecular weight excluding hydrogens is 450 g/mol. The maximum Gasteiger partial charge on any atom is 0.231 e. The Kier molecular flexibility index (Phi) is 5.73. The third kappa shape index (κ3) is 4.48. The molecule has 0 atom stereocenters. The highest BCUT2D eigenvalue weighted by Crippen LogP contribution is 2.33. The number of hydrogen-bond donors (Lipinski definition) is 1. The van der Waals surface area contributed by atoms with Crippen LogP contribution in [0.3, 0.4) is 0 Å². The number of anilines is 1. The van der Waals surface area contributed by atoms with Crippen LogP contribution in [0.25, 0.3) is 0 Å². The average molecular weight is 469 g/mol. The molecule has 0 saturated carbocycles. The summed E-state index contributed by atoms with van der Waals surface area (Å²) in [5.74, 6) is 1.66. The first-order chi connectivity index (χ1) is 13.1. The lowest BCUT2D eigenvalue weighted by Crippen LogP contribution is -2.49. The van der Waals surface area contributed by atoms with Crippen LogP contribution in [-0.4, -0.2) is 47.9 Å². The van der Waals surface area contributed by atoms with E-state index in [1.165, 1.54) is 5.56 Å². The molecule has 27 heavy (non-hydrogen) atoms. The number of nitrogens with one attached hydrogen (secondary N) is 1. The first-order valence-electron chi connectivity index (χ1n) is 8.70. The molecule has 0 radical (unpaired) electrons. The molecule has 8 heteroatoms. The standard InChI is InChI=1S/C19H19BrClN3O2S/c20-15-3-2-14(10-16(15)21)22-19(27)24-7-5-23(6-8-24)11-13-1-4-17-18(9-13)26-12-25-17/h1-4,9-10H,5-8,11-12H2,(H,22,27). The molecule has 0 amide bonds. The Morgan fingerprint density at radius 1 is 1.07 bits per heavy atom. The second-order valence-electron chi connectivity index (χ2n) is 6.51. The fourth-order valence-corrected chi connectivity index (χ4v) is 3.91. The molecule has 2 aliphatic rings. The zero-order chi connectivity index (χ0) is 18.8. The highest BCUT2D eigenvalue weighted by molar-refractivity contribution is 9.10. The van der Waals surface area contributed by atoms with E-state index in [1.54, 1.807) is 0 Å². The Morgan fingerprint density at radius 2 is 1.85 bits per heavy atom. The number of benzene rings is 2. The number of rotatable bonds is 3. The van der Waals surface area contributed by atoms with Crippen molar-refractivity contribution in [3.05, 3.63) is 51.5 Å². The molecule has 0 bridgehead atoms. The Labute approximate surface area is 177 Å². The van der Waals surface area contributed by atoms with Gasteiger partial charge >= 0.3 is 0 Å². The third-order valence-corrected chi connectivity index (χ3v) is 6.27. The minimum Gasteiger partial charge on any atom is -0.454 e. The Morgan fingerprint density at radius 3 is 2.63 bits per heavy atom. The van der Waals surface area contributed by atoms with Crippen molar-refractivity contribution in [2.75, 3.05) is 38.3 Å². The zero-order valence-electron chi connectivity index (χ0n) is 14.6. The van der Waals surface area contributed by atoms with E-state index in [0.717, 1.165) is 59.5 Å². The van der Waals surface area contributed by atoms with E-state index in [2.05, 4.69) is 43.2 Å². The summed E-state index contributed by atoms with van der Waals surface area (Å²) in [7, 11) is 0. The lowest BCUT2D eigenvalue weighted by molar-refractivity contribution is 0.173. The Bertz CT molecular complexity index is 859. The van der Waals surface area contributed by atoms with Crippen molar-refractivity contribution in [2.45, 2.75) is 6.54 Å². The number of thiocarbonyl (C=S) groups is 1. The van der Waals surface area contributed by atoms with Crippen molar-refractivity contribution in [1.29, 1.82) is 0 Å². The minimum atomic E-state index is 0.311. The molecule has 2 aromatic rings. The van der Waals surface area contributed by atoms with E-state index in [-0.39, 0.29) is 0 Å². The molecule has 0 aliphatic carbocycles. The average Bonchev–Trinajstić information content (AvgIpc) is 3.13. The molecular formula is C19H19BrClN3O2S. The lowest BCUT2D eigenvalue weighted by Gasteiger charge is -2.36. The van der Waals surface area contributed by atoms with E-state index in [9.17, 15) is 0 Å². The van der Waals surface area contributed by atoms with Crippen LogP contribution in [0.5, 0.6) is 11.5 Å². The summed E-state index contributed by atoms with van der Waals surface area (Å²) >= 11 is 15.1. The van der Waals surface area contributed by atoms with Gasteiger partial charge in [0.05, 0.1) is 5.02 Å². The topological polar surface area (TPSA) is 37.0 Å². The zero-order valence-corrected chi connectivity index (χ0v) is 17.7. The quantitative estimate of drug-likeness (QED) is 0.675. The molecule has 1 fully saturated rings. The number of nitrogens with zero attached hydrogens (tertiary/aromatic N) is 2. The highest BCUT2D eigenvalue weighted by Gasteiger charge is 2.20. The van der Waals surface area contributed by atoms with Crippen molar-refractivity contribution in [1.82, 2.24) is 9.80 Å². The van der Waals surface area contributed by atoms with E-state index in [4.69, 9.17) is 33.3 Å². The van der Waals surface area contributed by atoms with Gasteiger partial charge in [-0.3, -0.25) is 4.90 Å². The van der Waals surface area contributed by atoms with Gasteiger partial charge in [0.25, 0.3) is 0 Å². The number of piperazine rings is 1. The number of ether oxygens (including phenoxy) is 2. The van der Waals surface area contributed by atoms with Crippen LogP contribution in [0.1, 0.15) is 5.56 Å². The van der Waals surface area contributed by atoms with Crippen molar-refractivity contribution < 1.29 is 9.47 Å². The van der Waals surface area contributed by atoms with Gasteiger partial charge in [0.15, 0.2) is 16.6 Å². The molecule has 2 heterocycles. The van der Waals surface area contributed by atoms with Gasteiger partial charge in [-0.15, -0.1) is 0 Å². The molecule has 2 aromatic carbocycles. The molecule has 2 aliphatic heterocycles. The number of fused-ring (bicyclic) bond motifs is 1. The molecule has 142 valence electrons. The van der Waals surface area contributed by atoms with Gasteiger partial charge in [-0.05, 0) is 64.0 Å². The van der Waals surface area contributed by atoms with Crippen molar-refractivity contribution in [3.63, 3.8) is 0 Å². The maximum atomic E-state index is 6.15. The van der Waals surface area contributed by atoms with Crippen LogP contribution in [0.15, 0.2) is 40.9 Å². The second kappa shape index (κ2) is 8.22. The van der Waals surface area contributed by atoms with Gasteiger partial charge in [0, 0.05) is 42.9 Å². The van der Waals surface area contributed by atoms with Gasteiger partial charge in [-0.1, -0.05) is 17.7 Å². The van der Waals surface area contributed by atoms with Gasteiger partial charge in [-0.2, -0.15) is 0 Å². The first-order valence-corrected chi connectivity index (χ1v) is 10.3. The van der Waals surface area contributed by atoms with E-state index >= 15 is 0 Å². The van der Waals surface area contributed by atoms with E-state index < -0.39 is 0 Å².